The van der Waals surface area contributed by atoms with Crippen LogP contribution >= 0.6 is 11.3 Å². The molecule has 0 amide bonds. The lowest BCUT2D eigenvalue weighted by Gasteiger charge is -2.12. The number of benzene rings is 1. The Labute approximate surface area is 131 Å². The topological polar surface area (TPSA) is 12.9 Å². The Kier molecular flexibility index (Phi) is 4.25. The van der Waals surface area contributed by atoms with E-state index in [4.69, 9.17) is 0 Å². The predicted molar refractivity (Wildman–Crippen MR) is 92.7 cm³/mol. The molecule has 1 fully saturated rings. The number of thiazole rings is 1. The van der Waals surface area contributed by atoms with Crippen LogP contribution in [0.5, 0.6) is 0 Å². The summed E-state index contributed by atoms with van der Waals surface area (Å²) in [6.45, 7) is 8.32. The van der Waals surface area contributed by atoms with Crippen LogP contribution in [0, 0.1) is 12.8 Å². The molecule has 1 aliphatic rings. The maximum absolute atomic E-state index is 4.55. The first kappa shape index (κ1) is 14.5. The highest BCUT2D eigenvalue weighted by molar-refractivity contribution is 7.14. The zero-order valence-corrected chi connectivity index (χ0v) is 13.8. The van der Waals surface area contributed by atoms with Gasteiger partial charge in [0.15, 0.2) is 0 Å². The summed E-state index contributed by atoms with van der Waals surface area (Å²) >= 11 is 1.77. The molecule has 1 nitrogen and oxygen atoms in total. The van der Waals surface area contributed by atoms with E-state index in [1.54, 1.807) is 11.3 Å². The molecule has 0 radical (unpaired) electrons. The monoisotopic (exact) mass is 297 g/mol. The molecule has 1 aromatic carbocycles. The molecule has 0 unspecified atom stereocenters. The lowest BCUT2D eigenvalue weighted by atomic mass is 9.94. The van der Waals surface area contributed by atoms with Crippen molar-refractivity contribution in [3.05, 3.63) is 47.0 Å². The molecule has 0 bridgehead atoms. The van der Waals surface area contributed by atoms with Gasteiger partial charge in [0, 0.05) is 16.6 Å². The van der Waals surface area contributed by atoms with Gasteiger partial charge in [-0.3, -0.25) is 0 Å². The van der Waals surface area contributed by atoms with Crippen molar-refractivity contribution in [3.8, 4) is 10.6 Å². The highest BCUT2D eigenvalue weighted by atomic mass is 32.1. The molecule has 110 valence electrons. The molecule has 1 aliphatic carbocycles. The van der Waals surface area contributed by atoms with E-state index in [9.17, 15) is 0 Å². The van der Waals surface area contributed by atoms with Crippen molar-refractivity contribution in [2.45, 2.75) is 46.0 Å². The minimum Gasteiger partial charge on any atom is -0.244 e. The Balaban J connectivity index is 1.95. The fraction of sp³-hybridized carbons (Fsp3) is 0.421. The highest BCUT2D eigenvalue weighted by Crippen LogP contribution is 2.32. The average molecular weight is 297 g/mol. The summed E-state index contributed by atoms with van der Waals surface area (Å²) in [4.78, 5) is 5.81. The first-order valence-corrected chi connectivity index (χ1v) is 8.66. The van der Waals surface area contributed by atoms with Crippen molar-refractivity contribution in [1.82, 2.24) is 4.98 Å². The van der Waals surface area contributed by atoms with Gasteiger partial charge in [0.25, 0.3) is 0 Å². The Morgan fingerprint density at radius 2 is 2.05 bits per heavy atom. The fourth-order valence-corrected chi connectivity index (χ4v) is 3.97. The molecular formula is C19H23NS. The molecule has 2 heteroatoms. The minimum absolute atomic E-state index is 0.872. The molecule has 0 spiro atoms. The number of rotatable bonds is 4. The van der Waals surface area contributed by atoms with Crippen molar-refractivity contribution in [1.29, 1.82) is 0 Å². The summed E-state index contributed by atoms with van der Waals surface area (Å²) in [6, 6.07) is 6.90. The summed E-state index contributed by atoms with van der Waals surface area (Å²) in [7, 11) is 0. The minimum atomic E-state index is 0.872. The predicted octanol–water partition coefficient (Wildman–Crippen LogP) is 5.88. The molecular weight excluding hydrogens is 274 g/mol. The molecule has 0 N–H and O–H groups in total. The van der Waals surface area contributed by atoms with Crippen LogP contribution in [0.2, 0.25) is 0 Å². The number of hydrogen-bond acceptors (Lipinski definition) is 2. The van der Waals surface area contributed by atoms with Crippen molar-refractivity contribution < 1.29 is 0 Å². The largest absolute Gasteiger partial charge is 0.244 e. The third-order valence-corrected chi connectivity index (χ3v) is 5.31. The molecule has 0 saturated heterocycles. The molecule has 0 aliphatic heterocycles. The highest BCUT2D eigenvalue weighted by Gasteiger charge is 2.16. The molecule has 1 saturated carbocycles. The summed E-state index contributed by atoms with van der Waals surface area (Å²) in [5, 5.41) is 1.13. The van der Waals surface area contributed by atoms with Crippen LogP contribution in [0.1, 0.15) is 48.6 Å². The van der Waals surface area contributed by atoms with Gasteiger partial charge < -0.3 is 0 Å². The van der Waals surface area contributed by atoms with E-state index < -0.39 is 0 Å². The van der Waals surface area contributed by atoms with Gasteiger partial charge >= 0.3 is 0 Å². The standard InChI is InChI=1S/C19H23NS/c1-13(2)17-9-16(8-15-6-4-5-7-15)10-18(11-17)19-20-12-14(3)21-19/h9-12,15H,1,4-8H2,2-3H3. The van der Waals surface area contributed by atoms with Gasteiger partial charge in [0.05, 0.1) is 0 Å². The molecule has 0 atom stereocenters. The number of allylic oxidation sites excluding steroid dienone is 1. The average Bonchev–Trinajstić information content (AvgIpc) is 3.10. The van der Waals surface area contributed by atoms with Crippen molar-refractivity contribution >= 4 is 16.9 Å². The molecule has 1 heterocycles. The fourth-order valence-electron chi connectivity index (χ4n) is 3.22. The van der Waals surface area contributed by atoms with Crippen molar-refractivity contribution in [2.75, 3.05) is 0 Å². The van der Waals surface area contributed by atoms with E-state index in [0.29, 0.717) is 0 Å². The molecule has 21 heavy (non-hydrogen) atoms. The number of aromatic nitrogens is 1. The van der Waals surface area contributed by atoms with Gasteiger partial charge in [-0.1, -0.05) is 43.9 Å². The first-order valence-electron chi connectivity index (χ1n) is 7.84. The zero-order valence-electron chi connectivity index (χ0n) is 13.0. The van der Waals surface area contributed by atoms with Crippen LogP contribution in [0.4, 0.5) is 0 Å². The van der Waals surface area contributed by atoms with Crippen LogP contribution in [-0.4, -0.2) is 4.98 Å². The van der Waals surface area contributed by atoms with Crippen molar-refractivity contribution in [3.63, 3.8) is 0 Å². The Bertz CT molecular complexity index is 647. The van der Waals surface area contributed by atoms with Gasteiger partial charge in [0.1, 0.15) is 5.01 Å². The molecule has 1 aromatic heterocycles. The third kappa shape index (κ3) is 3.44. The number of aryl methyl sites for hydroxylation is 1. The Morgan fingerprint density at radius 3 is 2.67 bits per heavy atom. The smallest absolute Gasteiger partial charge is 0.123 e. The van der Waals surface area contributed by atoms with E-state index in [1.165, 1.54) is 53.7 Å². The maximum atomic E-state index is 4.55. The second kappa shape index (κ2) is 6.15. The van der Waals surface area contributed by atoms with Crippen LogP contribution in [0.15, 0.2) is 31.0 Å². The lowest BCUT2D eigenvalue weighted by Crippen LogP contribution is -1.99. The second-order valence-corrected chi connectivity index (χ2v) is 7.56. The van der Waals surface area contributed by atoms with Crippen LogP contribution in [0.3, 0.4) is 0 Å². The third-order valence-electron chi connectivity index (χ3n) is 4.35. The van der Waals surface area contributed by atoms with Crippen molar-refractivity contribution in [2.24, 2.45) is 5.92 Å². The van der Waals surface area contributed by atoms with Gasteiger partial charge in [-0.2, -0.15) is 0 Å². The maximum Gasteiger partial charge on any atom is 0.123 e. The quantitative estimate of drug-likeness (QED) is 0.686. The van der Waals surface area contributed by atoms with E-state index in [1.807, 2.05) is 6.20 Å². The second-order valence-electron chi connectivity index (χ2n) is 6.33. The number of hydrogen-bond donors (Lipinski definition) is 0. The number of nitrogens with zero attached hydrogens (tertiary/aromatic N) is 1. The summed E-state index contributed by atoms with van der Waals surface area (Å²) in [5.74, 6) is 0.872. The van der Waals surface area contributed by atoms with Crippen LogP contribution in [0.25, 0.3) is 16.1 Å². The Hall–Kier alpha value is -1.41. The van der Waals surface area contributed by atoms with Crippen LogP contribution in [-0.2, 0) is 6.42 Å². The Morgan fingerprint density at radius 1 is 1.29 bits per heavy atom. The summed E-state index contributed by atoms with van der Waals surface area (Å²) < 4.78 is 0. The van der Waals surface area contributed by atoms with Gasteiger partial charge in [-0.25, -0.2) is 4.98 Å². The lowest BCUT2D eigenvalue weighted by molar-refractivity contribution is 0.546. The van der Waals surface area contributed by atoms with E-state index in [0.717, 1.165) is 16.5 Å². The van der Waals surface area contributed by atoms with Gasteiger partial charge in [0.2, 0.25) is 0 Å². The van der Waals surface area contributed by atoms with E-state index >= 15 is 0 Å². The first-order chi connectivity index (χ1) is 10.1. The SMILES string of the molecule is C=C(C)c1cc(CC2CCCC2)cc(-c2ncc(C)s2)c1. The van der Waals surface area contributed by atoms with Gasteiger partial charge in [-0.15, -0.1) is 11.3 Å². The van der Waals surface area contributed by atoms with E-state index in [2.05, 4.69) is 43.6 Å². The molecule has 3 rings (SSSR count). The molecule has 2 aromatic rings. The normalized spacial score (nSPS) is 15.5. The summed E-state index contributed by atoms with van der Waals surface area (Å²) in [5.41, 5.74) is 5.10. The summed E-state index contributed by atoms with van der Waals surface area (Å²) in [6.07, 6.45) is 8.77. The zero-order chi connectivity index (χ0) is 14.8. The van der Waals surface area contributed by atoms with Crippen LogP contribution < -0.4 is 0 Å². The van der Waals surface area contributed by atoms with Gasteiger partial charge in [-0.05, 0) is 49.4 Å². The van der Waals surface area contributed by atoms with E-state index in [-0.39, 0.29) is 0 Å².